The molecular formula is C16H15NO3S. The van der Waals surface area contributed by atoms with Crippen LogP contribution in [0, 0.1) is 6.92 Å². The van der Waals surface area contributed by atoms with Crippen LogP contribution in [0.15, 0.2) is 24.3 Å². The summed E-state index contributed by atoms with van der Waals surface area (Å²) in [6.45, 7) is 1.72. The monoisotopic (exact) mass is 301 g/mol. The summed E-state index contributed by atoms with van der Waals surface area (Å²) in [5.41, 5.74) is 2.39. The third kappa shape index (κ3) is 2.56. The van der Waals surface area contributed by atoms with Crippen LogP contribution >= 0.6 is 11.3 Å². The second kappa shape index (κ2) is 5.33. The first-order chi connectivity index (χ1) is 10.1. The first kappa shape index (κ1) is 13.8. The van der Waals surface area contributed by atoms with Crippen LogP contribution in [0.1, 0.15) is 42.5 Å². The zero-order valence-electron chi connectivity index (χ0n) is 11.6. The molecule has 0 unspecified atom stereocenters. The van der Waals surface area contributed by atoms with Gasteiger partial charge in [0.25, 0.3) is 5.91 Å². The normalized spacial score (nSPS) is 13.0. The summed E-state index contributed by atoms with van der Waals surface area (Å²) in [6, 6.07) is 7.01. The number of aryl methyl sites for hydroxylation is 3. The molecule has 0 saturated carbocycles. The van der Waals surface area contributed by atoms with Crippen molar-refractivity contribution >= 4 is 28.9 Å². The quantitative estimate of drug-likeness (QED) is 0.912. The summed E-state index contributed by atoms with van der Waals surface area (Å²) < 4.78 is 0. The number of thiophene rings is 1. The number of carboxylic acids is 1. The first-order valence-corrected chi connectivity index (χ1v) is 7.64. The fraction of sp³-hybridized carbons (Fsp3) is 0.250. The lowest BCUT2D eigenvalue weighted by molar-refractivity contribution is 0.0697. The van der Waals surface area contributed by atoms with Gasteiger partial charge in [0.1, 0.15) is 0 Å². The Morgan fingerprint density at radius 3 is 2.81 bits per heavy atom. The van der Waals surface area contributed by atoms with Crippen molar-refractivity contribution in [2.75, 3.05) is 5.32 Å². The molecule has 21 heavy (non-hydrogen) atoms. The third-order valence-corrected chi connectivity index (χ3v) is 4.94. The molecule has 1 amide bonds. The molecule has 0 bridgehead atoms. The van der Waals surface area contributed by atoms with Gasteiger partial charge in [-0.25, -0.2) is 4.79 Å². The van der Waals surface area contributed by atoms with Crippen LogP contribution in [-0.2, 0) is 12.8 Å². The molecule has 1 aromatic heterocycles. The lowest BCUT2D eigenvalue weighted by Gasteiger charge is -2.09. The number of hydrogen-bond acceptors (Lipinski definition) is 3. The van der Waals surface area contributed by atoms with E-state index in [9.17, 15) is 14.7 Å². The summed E-state index contributed by atoms with van der Waals surface area (Å²) in [5.74, 6) is -1.26. The van der Waals surface area contributed by atoms with Gasteiger partial charge in [0.15, 0.2) is 0 Å². The average molecular weight is 301 g/mol. The molecule has 2 N–H and O–H groups in total. The Labute approximate surface area is 126 Å². The molecule has 1 heterocycles. The average Bonchev–Trinajstić information content (AvgIpc) is 2.98. The van der Waals surface area contributed by atoms with Gasteiger partial charge in [0.05, 0.1) is 16.1 Å². The molecule has 0 radical (unpaired) electrons. The Morgan fingerprint density at radius 1 is 1.29 bits per heavy atom. The minimum Gasteiger partial charge on any atom is -0.478 e. The van der Waals surface area contributed by atoms with Gasteiger partial charge in [-0.3, -0.25) is 4.79 Å². The smallest absolute Gasteiger partial charge is 0.338 e. The number of rotatable bonds is 3. The minimum atomic E-state index is -1.03. The molecule has 5 heteroatoms. The SMILES string of the molecule is Cc1cccc(NC(=O)c2cc3c(s2)CCC3)c1C(=O)O. The van der Waals surface area contributed by atoms with Gasteiger partial charge in [0.2, 0.25) is 0 Å². The van der Waals surface area contributed by atoms with E-state index in [1.165, 1.54) is 21.8 Å². The van der Waals surface area contributed by atoms with Gasteiger partial charge in [0, 0.05) is 4.88 Å². The van der Waals surface area contributed by atoms with Crippen LogP contribution in [0.3, 0.4) is 0 Å². The van der Waals surface area contributed by atoms with E-state index >= 15 is 0 Å². The lowest BCUT2D eigenvalue weighted by Crippen LogP contribution is -2.14. The van der Waals surface area contributed by atoms with Gasteiger partial charge in [-0.15, -0.1) is 11.3 Å². The number of carbonyl (C=O) groups is 2. The van der Waals surface area contributed by atoms with E-state index in [1.54, 1.807) is 25.1 Å². The van der Waals surface area contributed by atoms with Crippen LogP contribution in [-0.4, -0.2) is 17.0 Å². The van der Waals surface area contributed by atoms with Crippen molar-refractivity contribution in [3.05, 3.63) is 50.7 Å². The number of carbonyl (C=O) groups excluding carboxylic acids is 1. The van der Waals surface area contributed by atoms with E-state index in [-0.39, 0.29) is 11.5 Å². The predicted molar refractivity (Wildman–Crippen MR) is 82.4 cm³/mol. The number of anilines is 1. The third-order valence-electron chi connectivity index (χ3n) is 3.71. The van der Waals surface area contributed by atoms with Crippen LogP contribution in [0.5, 0.6) is 0 Å². The molecule has 0 saturated heterocycles. The lowest BCUT2D eigenvalue weighted by atomic mass is 10.1. The fourth-order valence-electron chi connectivity index (χ4n) is 2.68. The number of carboxylic acid groups (broad SMARTS) is 1. The van der Waals surface area contributed by atoms with Crippen LogP contribution < -0.4 is 5.32 Å². The maximum atomic E-state index is 12.3. The summed E-state index contributed by atoms with van der Waals surface area (Å²) >= 11 is 1.51. The second-order valence-corrected chi connectivity index (χ2v) is 6.31. The molecule has 0 fully saturated rings. The largest absolute Gasteiger partial charge is 0.478 e. The van der Waals surface area contributed by atoms with Crippen LogP contribution in [0.25, 0.3) is 0 Å². The molecule has 108 valence electrons. The minimum absolute atomic E-state index is 0.148. The Morgan fingerprint density at radius 2 is 2.10 bits per heavy atom. The molecule has 1 aliphatic rings. The zero-order valence-corrected chi connectivity index (χ0v) is 12.4. The van der Waals surface area contributed by atoms with Crippen molar-refractivity contribution in [3.63, 3.8) is 0 Å². The molecule has 0 aliphatic heterocycles. The molecule has 1 aliphatic carbocycles. The Kier molecular flexibility index (Phi) is 3.51. The predicted octanol–water partition coefficient (Wildman–Crippen LogP) is 3.50. The van der Waals surface area contributed by atoms with Crippen molar-refractivity contribution in [1.29, 1.82) is 0 Å². The molecule has 0 atom stereocenters. The summed E-state index contributed by atoms with van der Waals surface area (Å²) in [7, 11) is 0. The van der Waals surface area contributed by atoms with E-state index in [0.717, 1.165) is 19.3 Å². The number of amides is 1. The Bertz CT molecular complexity index is 712. The summed E-state index contributed by atoms with van der Waals surface area (Å²) in [6.07, 6.45) is 3.23. The van der Waals surface area contributed by atoms with Gasteiger partial charge < -0.3 is 10.4 Å². The number of nitrogens with one attached hydrogen (secondary N) is 1. The molecule has 2 aromatic rings. The number of fused-ring (bicyclic) bond motifs is 1. The highest BCUT2D eigenvalue weighted by Crippen LogP contribution is 2.31. The number of aromatic carboxylic acids is 1. The highest BCUT2D eigenvalue weighted by molar-refractivity contribution is 7.14. The van der Waals surface area contributed by atoms with Gasteiger partial charge in [-0.2, -0.15) is 0 Å². The van der Waals surface area contributed by atoms with Gasteiger partial charge in [-0.1, -0.05) is 12.1 Å². The van der Waals surface area contributed by atoms with Crippen LogP contribution in [0.2, 0.25) is 0 Å². The van der Waals surface area contributed by atoms with Crippen molar-refractivity contribution in [2.45, 2.75) is 26.2 Å². The number of benzene rings is 1. The van der Waals surface area contributed by atoms with E-state index in [1.807, 2.05) is 6.07 Å². The second-order valence-electron chi connectivity index (χ2n) is 5.17. The zero-order chi connectivity index (χ0) is 15.0. The highest BCUT2D eigenvalue weighted by Gasteiger charge is 2.20. The first-order valence-electron chi connectivity index (χ1n) is 6.82. The highest BCUT2D eigenvalue weighted by atomic mass is 32.1. The fourth-order valence-corrected chi connectivity index (χ4v) is 3.83. The van der Waals surface area contributed by atoms with Crippen LogP contribution in [0.4, 0.5) is 5.69 Å². The van der Waals surface area contributed by atoms with Gasteiger partial charge >= 0.3 is 5.97 Å². The topological polar surface area (TPSA) is 66.4 Å². The van der Waals surface area contributed by atoms with E-state index in [2.05, 4.69) is 5.32 Å². The maximum Gasteiger partial charge on any atom is 0.338 e. The molecule has 4 nitrogen and oxygen atoms in total. The summed E-state index contributed by atoms with van der Waals surface area (Å²) in [5, 5.41) is 12.0. The van der Waals surface area contributed by atoms with Crippen molar-refractivity contribution in [1.82, 2.24) is 0 Å². The molecule has 0 spiro atoms. The molecule has 3 rings (SSSR count). The van der Waals surface area contributed by atoms with E-state index in [4.69, 9.17) is 0 Å². The standard InChI is InChI=1S/C16H15NO3S/c1-9-4-2-6-11(14(9)16(19)20)17-15(18)13-8-10-5-3-7-12(10)21-13/h2,4,6,8H,3,5,7H2,1H3,(H,17,18)(H,19,20). The summed E-state index contributed by atoms with van der Waals surface area (Å²) in [4.78, 5) is 25.6. The Balaban J connectivity index is 1.88. The van der Waals surface area contributed by atoms with E-state index < -0.39 is 5.97 Å². The molecule has 1 aromatic carbocycles. The Hall–Kier alpha value is -2.14. The van der Waals surface area contributed by atoms with Gasteiger partial charge in [-0.05, 0) is 49.4 Å². The maximum absolute atomic E-state index is 12.3. The molecular weight excluding hydrogens is 286 g/mol. The number of hydrogen-bond donors (Lipinski definition) is 2. The van der Waals surface area contributed by atoms with E-state index in [0.29, 0.717) is 16.1 Å². The van der Waals surface area contributed by atoms with Crippen molar-refractivity contribution < 1.29 is 14.7 Å². The van der Waals surface area contributed by atoms with Crippen molar-refractivity contribution in [2.24, 2.45) is 0 Å². The van der Waals surface area contributed by atoms with Crippen molar-refractivity contribution in [3.8, 4) is 0 Å².